The van der Waals surface area contributed by atoms with Crippen LogP contribution in [0.3, 0.4) is 0 Å². The molecule has 0 saturated heterocycles. The molecule has 0 bridgehead atoms. The number of hydrogen-bond donors (Lipinski definition) is 4. The standard InChI is InChI=1S/C30H29N5O4/c1-4-29(37)32-16-20-12-23(14-24(13-20)34-30(38)21-8-6-5-7-9-21)19(2)33-28-18-31-17-25(35-28)22-10-11-26(36)27(15-22)39-3/h4-15,17-19,36H,1,16H2,2-3H3,(H,32,37)(H,33,35)(H,34,38)/t19-/m0/s1. The third kappa shape index (κ3) is 6.98. The van der Waals surface area contributed by atoms with Crippen molar-refractivity contribution in [1.29, 1.82) is 0 Å². The van der Waals surface area contributed by atoms with Crippen molar-refractivity contribution in [3.8, 4) is 22.8 Å². The average Bonchev–Trinajstić information content (AvgIpc) is 2.96. The van der Waals surface area contributed by atoms with E-state index in [4.69, 9.17) is 4.74 Å². The van der Waals surface area contributed by atoms with Crippen LogP contribution in [0.15, 0.2) is 91.8 Å². The number of aromatic hydroxyl groups is 1. The predicted octanol–water partition coefficient (Wildman–Crippen LogP) is 5.09. The van der Waals surface area contributed by atoms with E-state index in [0.717, 1.165) is 16.7 Å². The second-order valence-electron chi connectivity index (χ2n) is 8.75. The molecule has 39 heavy (non-hydrogen) atoms. The molecule has 0 unspecified atom stereocenters. The van der Waals surface area contributed by atoms with Gasteiger partial charge in [-0.15, -0.1) is 0 Å². The first-order valence-electron chi connectivity index (χ1n) is 12.2. The van der Waals surface area contributed by atoms with Crippen LogP contribution in [-0.4, -0.2) is 34.0 Å². The monoisotopic (exact) mass is 523 g/mol. The van der Waals surface area contributed by atoms with Gasteiger partial charge in [-0.2, -0.15) is 0 Å². The number of rotatable bonds is 10. The zero-order valence-electron chi connectivity index (χ0n) is 21.6. The Balaban J connectivity index is 1.58. The summed E-state index contributed by atoms with van der Waals surface area (Å²) in [5.74, 6) is 0.381. The van der Waals surface area contributed by atoms with Gasteiger partial charge < -0.3 is 25.8 Å². The molecule has 4 rings (SSSR count). The number of hydrogen-bond acceptors (Lipinski definition) is 7. The number of carbonyl (C=O) groups excluding carboxylic acids is 2. The number of nitrogens with zero attached hydrogens (tertiary/aromatic N) is 2. The molecule has 0 aliphatic rings. The topological polar surface area (TPSA) is 125 Å². The molecule has 4 N–H and O–H groups in total. The fourth-order valence-electron chi connectivity index (χ4n) is 3.91. The van der Waals surface area contributed by atoms with Crippen molar-refractivity contribution in [2.75, 3.05) is 17.7 Å². The van der Waals surface area contributed by atoms with E-state index in [1.807, 2.05) is 31.2 Å². The third-order valence-corrected chi connectivity index (χ3v) is 5.94. The number of phenols is 1. The van der Waals surface area contributed by atoms with E-state index in [1.54, 1.807) is 54.9 Å². The summed E-state index contributed by atoms with van der Waals surface area (Å²) in [6.45, 7) is 5.71. The molecule has 1 heterocycles. The van der Waals surface area contributed by atoms with E-state index in [0.29, 0.717) is 28.5 Å². The van der Waals surface area contributed by atoms with Gasteiger partial charge in [0, 0.05) is 23.4 Å². The molecular weight excluding hydrogens is 494 g/mol. The van der Waals surface area contributed by atoms with Gasteiger partial charge in [-0.3, -0.25) is 14.6 Å². The SMILES string of the molecule is C=CC(=O)NCc1cc(NC(=O)c2ccccc2)cc([C@H](C)Nc2cncc(-c3ccc(O)c(OC)c3)n2)c1. The van der Waals surface area contributed by atoms with Gasteiger partial charge in [0.05, 0.1) is 31.2 Å². The average molecular weight is 524 g/mol. The maximum absolute atomic E-state index is 12.8. The number of benzene rings is 3. The molecule has 198 valence electrons. The molecule has 1 atom stereocenters. The van der Waals surface area contributed by atoms with E-state index < -0.39 is 0 Å². The summed E-state index contributed by atoms with van der Waals surface area (Å²) >= 11 is 0. The Morgan fingerprint density at radius 1 is 1.08 bits per heavy atom. The minimum absolute atomic E-state index is 0.0384. The largest absolute Gasteiger partial charge is 0.504 e. The van der Waals surface area contributed by atoms with Crippen molar-refractivity contribution in [3.63, 3.8) is 0 Å². The van der Waals surface area contributed by atoms with Gasteiger partial charge in [-0.05, 0) is 66.6 Å². The summed E-state index contributed by atoms with van der Waals surface area (Å²) in [5.41, 5.74) is 4.13. The Morgan fingerprint density at radius 3 is 2.62 bits per heavy atom. The Bertz CT molecular complexity index is 1490. The van der Waals surface area contributed by atoms with Crippen LogP contribution in [-0.2, 0) is 11.3 Å². The van der Waals surface area contributed by atoms with Crippen molar-refractivity contribution >= 4 is 23.3 Å². The number of anilines is 2. The summed E-state index contributed by atoms with van der Waals surface area (Å²) in [6.07, 6.45) is 4.45. The molecule has 0 aliphatic heterocycles. The first-order chi connectivity index (χ1) is 18.9. The van der Waals surface area contributed by atoms with Crippen molar-refractivity contribution < 1.29 is 19.4 Å². The van der Waals surface area contributed by atoms with Gasteiger partial charge in [0.1, 0.15) is 5.82 Å². The van der Waals surface area contributed by atoms with E-state index in [9.17, 15) is 14.7 Å². The molecule has 9 heteroatoms. The van der Waals surface area contributed by atoms with Crippen LogP contribution < -0.4 is 20.7 Å². The molecular formula is C30H29N5O4. The predicted molar refractivity (Wildman–Crippen MR) is 151 cm³/mol. The lowest BCUT2D eigenvalue weighted by Gasteiger charge is -2.18. The highest BCUT2D eigenvalue weighted by atomic mass is 16.5. The summed E-state index contributed by atoms with van der Waals surface area (Å²) in [5, 5.41) is 19.0. The second kappa shape index (κ2) is 12.4. The number of methoxy groups -OCH3 is 1. The van der Waals surface area contributed by atoms with E-state index in [1.165, 1.54) is 13.2 Å². The fourth-order valence-corrected chi connectivity index (χ4v) is 3.91. The molecule has 1 aromatic heterocycles. The highest BCUT2D eigenvalue weighted by Gasteiger charge is 2.14. The highest BCUT2D eigenvalue weighted by Crippen LogP contribution is 2.31. The first-order valence-corrected chi connectivity index (χ1v) is 12.2. The van der Waals surface area contributed by atoms with Crippen LogP contribution in [0.1, 0.15) is 34.5 Å². The first kappa shape index (κ1) is 26.9. The zero-order valence-corrected chi connectivity index (χ0v) is 21.6. The molecule has 4 aromatic rings. The van der Waals surface area contributed by atoms with Crippen molar-refractivity contribution in [2.24, 2.45) is 0 Å². The molecule has 0 radical (unpaired) electrons. The molecule has 3 aromatic carbocycles. The van der Waals surface area contributed by atoms with Crippen LogP contribution in [0.5, 0.6) is 11.5 Å². The molecule has 9 nitrogen and oxygen atoms in total. The van der Waals surface area contributed by atoms with Crippen LogP contribution in [0.25, 0.3) is 11.3 Å². The van der Waals surface area contributed by atoms with Crippen LogP contribution in [0.2, 0.25) is 0 Å². The molecule has 0 aliphatic carbocycles. The number of aromatic nitrogens is 2. The Kier molecular flexibility index (Phi) is 8.53. The van der Waals surface area contributed by atoms with Gasteiger partial charge in [0.2, 0.25) is 5.91 Å². The quantitative estimate of drug-likeness (QED) is 0.214. The van der Waals surface area contributed by atoms with Gasteiger partial charge in [0.15, 0.2) is 11.5 Å². The second-order valence-corrected chi connectivity index (χ2v) is 8.75. The third-order valence-electron chi connectivity index (χ3n) is 5.94. The highest BCUT2D eigenvalue weighted by molar-refractivity contribution is 6.04. The van der Waals surface area contributed by atoms with Gasteiger partial charge >= 0.3 is 0 Å². The fraction of sp³-hybridized carbons (Fsp3) is 0.133. The van der Waals surface area contributed by atoms with Crippen LogP contribution in [0, 0.1) is 0 Å². The summed E-state index contributed by atoms with van der Waals surface area (Å²) in [4.78, 5) is 33.5. The van der Waals surface area contributed by atoms with Gasteiger partial charge in [-0.1, -0.05) is 30.8 Å². The Labute approximate surface area is 226 Å². The van der Waals surface area contributed by atoms with Gasteiger partial charge in [-0.25, -0.2) is 4.98 Å². The van der Waals surface area contributed by atoms with Crippen molar-refractivity contribution in [3.05, 3.63) is 108 Å². The number of ether oxygens (including phenoxy) is 1. The maximum atomic E-state index is 12.8. The Morgan fingerprint density at radius 2 is 1.87 bits per heavy atom. The Hall–Kier alpha value is -5.18. The number of phenolic OH excluding ortho intramolecular Hbond substituents is 1. The number of carbonyl (C=O) groups is 2. The lowest BCUT2D eigenvalue weighted by Crippen LogP contribution is -2.20. The van der Waals surface area contributed by atoms with Crippen LogP contribution >= 0.6 is 0 Å². The lowest BCUT2D eigenvalue weighted by molar-refractivity contribution is -0.116. The normalized spacial score (nSPS) is 11.2. The lowest BCUT2D eigenvalue weighted by atomic mass is 10.0. The molecule has 0 fully saturated rings. The van der Waals surface area contributed by atoms with Crippen LogP contribution in [0.4, 0.5) is 11.5 Å². The smallest absolute Gasteiger partial charge is 0.255 e. The minimum atomic E-state index is -0.292. The van der Waals surface area contributed by atoms with Crippen molar-refractivity contribution in [2.45, 2.75) is 19.5 Å². The molecule has 0 spiro atoms. The molecule has 2 amide bonds. The van der Waals surface area contributed by atoms with Gasteiger partial charge in [0.25, 0.3) is 5.91 Å². The van der Waals surface area contributed by atoms with E-state index >= 15 is 0 Å². The molecule has 0 saturated carbocycles. The summed E-state index contributed by atoms with van der Waals surface area (Å²) in [7, 11) is 1.48. The maximum Gasteiger partial charge on any atom is 0.255 e. The zero-order chi connectivity index (χ0) is 27.8. The van der Waals surface area contributed by atoms with Crippen molar-refractivity contribution in [1.82, 2.24) is 15.3 Å². The summed E-state index contributed by atoms with van der Waals surface area (Å²) < 4.78 is 5.20. The van der Waals surface area contributed by atoms with E-state index in [2.05, 4.69) is 32.5 Å². The van der Waals surface area contributed by atoms with E-state index in [-0.39, 0.29) is 30.2 Å². The minimum Gasteiger partial charge on any atom is -0.504 e. The number of amides is 2. The summed E-state index contributed by atoms with van der Waals surface area (Å²) in [6, 6.07) is 19.3. The number of nitrogens with one attached hydrogen (secondary N) is 3.